The molecule has 0 saturated heterocycles. The van der Waals surface area contributed by atoms with Gasteiger partial charge in [-0.05, 0) is 0 Å². The number of hydrogen-bond acceptors (Lipinski definition) is 2. The molecule has 2 nitrogen and oxygen atoms in total. The molecule has 1 rings (SSSR count). The number of halogens is 1. The summed E-state index contributed by atoms with van der Waals surface area (Å²) in [7, 11) is 1.54. The maximum Gasteiger partial charge on any atom is 0.0789 e. The minimum atomic E-state index is 0.750. The zero-order valence-electron chi connectivity index (χ0n) is 6.75. The van der Waals surface area contributed by atoms with Crippen molar-refractivity contribution in [2.45, 2.75) is 0 Å². The van der Waals surface area contributed by atoms with Gasteiger partial charge in [0.2, 0.25) is 0 Å². The Hall–Kier alpha value is -0.990. The lowest BCUT2D eigenvalue weighted by atomic mass is 10.2. The van der Waals surface area contributed by atoms with Gasteiger partial charge in [-0.25, -0.2) is 0 Å². The van der Waals surface area contributed by atoms with Crippen LogP contribution in [0.3, 0.4) is 0 Å². The molecule has 0 bridgehead atoms. The van der Waals surface area contributed by atoms with Crippen LogP contribution in [0.2, 0.25) is 0 Å². The van der Waals surface area contributed by atoms with E-state index in [0.717, 1.165) is 11.3 Å². The Kier molecular flexibility index (Phi) is 3.64. The first-order valence-electron chi connectivity index (χ1n) is 3.53. The van der Waals surface area contributed by atoms with Crippen molar-refractivity contribution in [3.05, 3.63) is 41.4 Å². The zero-order chi connectivity index (χ0) is 8.81. The van der Waals surface area contributed by atoms with Crippen molar-refractivity contribution in [1.29, 1.82) is 0 Å². The molecule has 0 fully saturated rings. The van der Waals surface area contributed by atoms with E-state index >= 15 is 0 Å². The molecular formula is C9H10ClNO. The second-order valence-corrected chi connectivity index (χ2v) is 2.41. The average molecular weight is 184 g/mol. The van der Waals surface area contributed by atoms with E-state index < -0.39 is 0 Å². The molecule has 0 aliphatic carbocycles. The Morgan fingerprint density at radius 3 is 2.58 bits per heavy atom. The second-order valence-electron chi connectivity index (χ2n) is 2.19. The van der Waals surface area contributed by atoms with E-state index in [1.807, 2.05) is 30.3 Å². The van der Waals surface area contributed by atoms with E-state index in [2.05, 4.69) is 5.48 Å². The quantitative estimate of drug-likeness (QED) is 0.727. The summed E-state index contributed by atoms with van der Waals surface area (Å²) < 4.78 is 0. The maximum atomic E-state index is 5.58. The molecule has 1 aromatic carbocycles. The van der Waals surface area contributed by atoms with Gasteiger partial charge in [0.15, 0.2) is 0 Å². The van der Waals surface area contributed by atoms with Gasteiger partial charge in [-0.3, -0.25) is 10.3 Å². The van der Waals surface area contributed by atoms with Gasteiger partial charge in [0.05, 0.1) is 12.8 Å². The number of benzene rings is 1. The first kappa shape index (κ1) is 9.10. The normalized spacial score (nSPS) is 11.3. The van der Waals surface area contributed by atoms with E-state index in [9.17, 15) is 0 Å². The SMILES string of the molecule is CONC(=CCl)c1ccccc1. The third-order valence-corrected chi connectivity index (χ3v) is 1.62. The molecule has 0 atom stereocenters. The number of hydroxylamine groups is 1. The van der Waals surface area contributed by atoms with Gasteiger partial charge in [-0.15, -0.1) is 0 Å². The zero-order valence-corrected chi connectivity index (χ0v) is 7.51. The fourth-order valence-electron chi connectivity index (χ4n) is 0.872. The monoisotopic (exact) mass is 183 g/mol. The molecule has 0 saturated carbocycles. The van der Waals surface area contributed by atoms with E-state index in [1.165, 1.54) is 5.54 Å². The molecule has 64 valence electrons. The molecule has 0 aliphatic heterocycles. The Morgan fingerprint density at radius 1 is 1.42 bits per heavy atom. The average Bonchev–Trinajstić information content (AvgIpc) is 2.15. The largest absolute Gasteiger partial charge is 0.279 e. The summed E-state index contributed by atoms with van der Waals surface area (Å²) in [6, 6.07) is 9.71. The molecule has 0 radical (unpaired) electrons. The number of nitrogens with one attached hydrogen (secondary N) is 1. The Morgan fingerprint density at radius 2 is 2.08 bits per heavy atom. The maximum absolute atomic E-state index is 5.58. The molecule has 1 aromatic rings. The summed E-state index contributed by atoms with van der Waals surface area (Å²) in [6.45, 7) is 0. The predicted molar refractivity (Wildman–Crippen MR) is 50.4 cm³/mol. The van der Waals surface area contributed by atoms with E-state index in [4.69, 9.17) is 16.4 Å². The van der Waals surface area contributed by atoms with Crippen molar-refractivity contribution in [3.63, 3.8) is 0 Å². The van der Waals surface area contributed by atoms with Gasteiger partial charge in [0.25, 0.3) is 0 Å². The third-order valence-electron chi connectivity index (χ3n) is 1.41. The molecule has 0 spiro atoms. The van der Waals surface area contributed by atoms with E-state index in [0.29, 0.717) is 0 Å². The molecule has 12 heavy (non-hydrogen) atoms. The van der Waals surface area contributed by atoms with Gasteiger partial charge in [0.1, 0.15) is 0 Å². The number of rotatable bonds is 3. The van der Waals surface area contributed by atoms with Crippen molar-refractivity contribution in [2.75, 3.05) is 7.11 Å². The second kappa shape index (κ2) is 4.80. The third kappa shape index (κ3) is 2.26. The summed E-state index contributed by atoms with van der Waals surface area (Å²) in [5.74, 6) is 0. The highest BCUT2D eigenvalue weighted by molar-refractivity contribution is 6.28. The van der Waals surface area contributed by atoms with Crippen LogP contribution in [0.5, 0.6) is 0 Å². The van der Waals surface area contributed by atoms with Crippen LogP contribution < -0.4 is 5.48 Å². The van der Waals surface area contributed by atoms with Gasteiger partial charge in [-0.2, -0.15) is 0 Å². The highest BCUT2D eigenvalue weighted by Gasteiger charge is 1.97. The van der Waals surface area contributed by atoms with Crippen LogP contribution >= 0.6 is 11.6 Å². The molecule has 1 N–H and O–H groups in total. The molecule has 0 aliphatic rings. The summed E-state index contributed by atoms with van der Waals surface area (Å²) >= 11 is 5.58. The van der Waals surface area contributed by atoms with Crippen LogP contribution in [0, 0.1) is 0 Å². The van der Waals surface area contributed by atoms with Crippen molar-refractivity contribution in [1.82, 2.24) is 5.48 Å². The van der Waals surface area contributed by atoms with Crippen LogP contribution in [-0.4, -0.2) is 7.11 Å². The minimum Gasteiger partial charge on any atom is -0.279 e. The summed E-state index contributed by atoms with van der Waals surface area (Å²) in [6.07, 6.45) is 0. The van der Waals surface area contributed by atoms with Gasteiger partial charge < -0.3 is 0 Å². The van der Waals surface area contributed by atoms with Crippen LogP contribution in [0.15, 0.2) is 35.9 Å². The standard InChI is InChI=1S/C9H10ClNO/c1-12-11-9(7-10)8-5-3-2-4-6-8/h2-7,11H,1H3. The van der Waals surface area contributed by atoms with E-state index in [-0.39, 0.29) is 0 Å². The first-order valence-corrected chi connectivity index (χ1v) is 3.97. The molecule has 3 heteroatoms. The topological polar surface area (TPSA) is 21.3 Å². The summed E-state index contributed by atoms with van der Waals surface area (Å²) in [5.41, 5.74) is 5.87. The molecule has 0 amide bonds. The van der Waals surface area contributed by atoms with Crippen molar-refractivity contribution in [3.8, 4) is 0 Å². The lowest BCUT2D eigenvalue weighted by molar-refractivity contribution is 0.137. The van der Waals surface area contributed by atoms with Crippen molar-refractivity contribution in [2.24, 2.45) is 0 Å². The van der Waals surface area contributed by atoms with Crippen molar-refractivity contribution < 1.29 is 4.84 Å². The molecule has 0 unspecified atom stereocenters. The molecule has 0 heterocycles. The fourth-order valence-corrected chi connectivity index (χ4v) is 1.04. The van der Waals surface area contributed by atoms with Crippen molar-refractivity contribution >= 4 is 17.3 Å². The Labute approximate surface area is 76.8 Å². The van der Waals surface area contributed by atoms with E-state index in [1.54, 1.807) is 7.11 Å². The highest BCUT2D eigenvalue weighted by Crippen LogP contribution is 2.11. The van der Waals surface area contributed by atoms with Gasteiger partial charge >= 0.3 is 0 Å². The van der Waals surface area contributed by atoms with Crippen LogP contribution in [-0.2, 0) is 4.84 Å². The first-order chi connectivity index (χ1) is 5.88. The number of hydrogen-bond donors (Lipinski definition) is 1. The predicted octanol–water partition coefficient (Wildman–Crippen LogP) is 2.37. The van der Waals surface area contributed by atoms with Crippen LogP contribution in [0.25, 0.3) is 5.70 Å². The van der Waals surface area contributed by atoms with Crippen LogP contribution in [0.1, 0.15) is 5.56 Å². The van der Waals surface area contributed by atoms with Crippen LogP contribution in [0.4, 0.5) is 0 Å². The summed E-state index contributed by atoms with van der Waals surface area (Å²) in [4.78, 5) is 4.75. The minimum absolute atomic E-state index is 0.750. The van der Waals surface area contributed by atoms with Gasteiger partial charge in [-0.1, -0.05) is 41.9 Å². The smallest absolute Gasteiger partial charge is 0.0789 e. The fraction of sp³-hybridized carbons (Fsp3) is 0.111. The molecule has 0 aromatic heterocycles. The Balaban J connectivity index is 2.82. The Bertz CT molecular complexity index is 258. The molecular weight excluding hydrogens is 174 g/mol. The lowest BCUT2D eigenvalue weighted by Gasteiger charge is -2.06. The lowest BCUT2D eigenvalue weighted by Crippen LogP contribution is -2.09. The summed E-state index contributed by atoms with van der Waals surface area (Å²) in [5, 5.41) is 0. The van der Waals surface area contributed by atoms with Gasteiger partial charge in [0, 0.05) is 11.1 Å². The highest BCUT2D eigenvalue weighted by atomic mass is 35.5.